The van der Waals surface area contributed by atoms with Crippen molar-refractivity contribution < 1.29 is 0 Å². The summed E-state index contributed by atoms with van der Waals surface area (Å²) in [5.74, 6) is 0.821. The highest BCUT2D eigenvalue weighted by atomic mass is 15.1. The number of nitrogens with zero attached hydrogens (tertiary/aromatic N) is 4. The standard InChI is InChI=1S/C24H21N5/c1-17-11-12-26-24(13-17)29-23-4-2-3-22(28-23)20-14-21(27-16-20)10-9-18-5-7-19(15-25)8-6-18/h2-12,16,24H,13-14H2,1H3,(H,28,29)/b10-9+. The number of nitrogens with one attached hydrogen (secondary N) is 1. The van der Waals surface area contributed by atoms with Crippen LogP contribution in [0.15, 0.2) is 76.4 Å². The molecule has 5 nitrogen and oxygen atoms in total. The monoisotopic (exact) mass is 379 g/mol. The fraction of sp³-hybridized carbons (Fsp3) is 0.167. The highest BCUT2D eigenvalue weighted by molar-refractivity contribution is 6.06. The van der Waals surface area contributed by atoms with E-state index in [0.717, 1.165) is 41.2 Å². The molecular formula is C24H21N5. The van der Waals surface area contributed by atoms with Crippen LogP contribution in [0.25, 0.3) is 11.6 Å². The Balaban J connectivity index is 1.38. The lowest BCUT2D eigenvalue weighted by atomic mass is 10.1. The number of aliphatic imine (C=N–C) groups is 2. The second-order valence-corrected chi connectivity index (χ2v) is 7.10. The minimum Gasteiger partial charge on any atom is -0.348 e. The van der Waals surface area contributed by atoms with Gasteiger partial charge in [-0.1, -0.05) is 29.8 Å². The zero-order chi connectivity index (χ0) is 20.1. The fourth-order valence-electron chi connectivity index (χ4n) is 3.22. The van der Waals surface area contributed by atoms with E-state index < -0.39 is 0 Å². The molecular weight excluding hydrogens is 358 g/mol. The highest BCUT2D eigenvalue weighted by Gasteiger charge is 2.14. The summed E-state index contributed by atoms with van der Waals surface area (Å²) in [5, 5.41) is 12.3. The molecule has 0 amide bonds. The van der Waals surface area contributed by atoms with Crippen LogP contribution in [-0.2, 0) is 0 Å². The first-order chi connectivity index (χ1) is 14.2. The minimum absolute atomic E-state index is 0.0301. The van der Waals surface area contributed by atoms with E-state index >= 15 is 0 Å². The summed E-state index contributed by atoms with van der Waals surface area (Å²) in [6.45, 7) is 2.11. The highest BCUT2D eigenvalue weighted by Crippen LogP contribution is 2.24. The summed E-state index contributed by atoms with van der Waals surface area (Å²) in [6.07, 6.45) is 11.5. The molecule has 0 fully saturated rings. The Morgan fingerprint density at radius 2 is 2.00 bits per heavy atom. The van der Waals surface area contributed by atoms with Crippen molar-refractivity contribution in [3.05, 3.63) is 83.2 Å². The van der Waals surface area contributed by atoms with Gasteiger partial charge in [0.15, 0.2) is 0 Å². The SMILES string of the molecule is CC1=CC=NC(Nc2cccc(C3=CN=C(/C=C/c4ccc(C#N)cc4)C3)n2)C1. The van der Waals surface area contributed by atoms with Crippen molar-refractivity contribution in [1.82, 2.24) is 4.98 Å². The van der Waals surface area contributed by atoms with Crippen LogP contribution in [0.5, 0.6) is 0 Å². The number of allylic oxidation sites excluding steroid dienone is 3. The Bertz CT molecular complexity index is 1090. The third-order valence-corrected chi connectivity index (χ3v) is 4.80. The molecule has 2 aromatic rings. The fourth-order valence-corrected chi connectivity index (χ4v) is 3.22. The number of dihydropyridines is 1. The second kappa shape index (κ2) is 8.49. The molecule has 1 unspecified atom stereocenters. The molecule has 1 N–H and O–H groups in total. The molecule has 29 heavy (non-hydrogen) atoms. The zero-order valence-corrected chi connectivity index (χ0v) is 16.2. The van der Waals surface area contributed by atoms with Crippen molar-refractivity contribution in [3.63, 3.8) is 0 Å². The number of hydrogen-bond donors (Lipinski definition) is 1. The average Bonchev–Trinajstić information content (AvgIpc) is 3.22. The van der Waals surface area contributed by atoms with Crippen LogP contribution < -0.4 is 5.32 Å². The van der Waals surface area contributed by atoms with Crippen molar-refractivity contribution in [2.24, 2.45) is 9.98 Å². The number of pyridine rings is 1. The number of rotatable bonds is 5. The number of hydrogen-bond acceptors (Lipinski definition) is 5. The van der Waals surface area contributed by atoms with Crippen LogP contribution in [0.2, 0.25) is 0 Å². The molecule has 2 aliphatic heterocycles. The van der Waals surface area contributed by atoms with Crippen LogP contribution in [0.4, 0.5) is 5.82 Å². The van der Waals surface area contributed by atoms with Gasteiger partial charge >= 0.3 is 0 Å². The maximum atomic E-state index is 8.88. The smallest absolute Gasteiger partial charge is 0.128 e. The quantitative estimate of drug-likeness (QED) is 0.793. The van der Waals surface area contributed by atoms with E-state index in [1.54, 1.807) is 0 Å². The van der Waals surface area contributed by atoms with E-state index in [1.807, 2.05) is 73.1 Å². The van der Waals surface area contributed by atoms with Gasteiger partial charge in [-0.3, -0.25) is 9.98 Å². The summed E-state index contributed by atoms with van der Waals surface area (Å²) in [4.78, 5) is 13.7. The van der Waals surface area contributed by atoms with Crippen molar-refractivity contribution >= 4 is 29.4 Å². The van der Waals surface area contributed by atoms with E-state index in [1.165, 1.54) is 5.57 Å². The van der Waals surface area contributed by atoms with Gasteiger partial charge in [0.1, 0.15) is 12.0 Å². The van der Waals surface area contributed by atoms with Crippen LogP contribution in [0.1, 0.15) is 36.6 Å². The van der Waals surface area contributed by atoms with E-state index in [4.69, 9.17) is 10.2 Å². The van der Waals surface area contributed by atoms with Crippen LogP contribution in [-0.4, -0.2) is 23.1 Å². The largest absolute Gasteiger partial charge is 0.348 e. The minimum atomic E-state index is 0.0301. The molecule has 0 bridgehead atoms. The molecule has 1 atom stereocenters. The van der Waals surface area contributed by atoms with Gasteiger partial charge in [-0.2, -0.15) is 5.26 Å². The Morgan fingerprint density at radius 1 is 1.14 bits per heavy atom. The van der Waals surface area contributed by atoms with Gasteiger partial charge in [0.05, 0.1) is 17.3 Å². The van der Waals surface area contributed by atoms with Gasteiger partial charge in [-0.05, 0) is 48.9 Å². The molecule has 0 radical (unpaired) electrons. The van der Waals surface area contributed by atoms with Gasteiger partial charge in [0.25, 0.3) is 0 Å². The van der Waals surface area contributed by atoms with Gasteiger partial charge in [-0.25, -0.2) is 4.98 Å². The van der Waals surface area contributed by atoms with E-state index in [2.05, 4.69) is 28.3 Å². The molecule has 0 saturated heterocycles. The molecule has 4 rings (SSSR count). The maximum Gasteiger partial charge on any atom is 0.128 e. The predicted octanol–water partition coefficient (Wildman–Crippen LogP) is 5.01. The zero-order valence-electron chi connectivity index (χ0n) is 16.2. The maximum absolute atomic E-state index is 8.88. The third kappa shape index (κ3) is 4.74. The Morgan fingerprint density at radius 3 is 2.79 bits per heavy atom. The molecule has 142 valence electrons. The molecule has 0 saturated carbocycles. The van der Waals surface area contributed by atoms with Crippen molar-refractivity contribution in [3.8, 4) is 6.07 Å². The van der Waals surface area contributed by atoms with Gasteiger partial charge in [0.2, 0.25) is 0 Å². The summed E-state index contributed by atoms with van der Waals surface area (Å²) < 4.78 is 0. The number of nitriles is 1. The molecule has 5 heteroatoms. The van der Waals surface area contributed by atoms with Crippen LogP contribution in [0.3, 0.4) is 0 Å². The lowest BCUT2D eigenvalue weighted by Crippen LogP contribution is -2.20. The van der Waals surface area contributed by atoms with Crippen LogP contribution >= 0.6 is 0 Å². The molecule has 0 aliphatic carbocycles. The Labute approximate surface area is 170 Å². The van der Waals surface area contributed by atoms with E-state index in [-0.39, 0.29) is 6.17 Å². The predicted molar refractivity (Wildman–Crippen MR) is 119 cm³/mol. The van der Waals surface area contributed by atoms with Gasteiger partial charge in [0, 0.05) is 36.5 Å². The summed E-state index contributed by atoms with van der Waals surface area (Å²) in [7, 11) is 0. The number of anilines is 1. The lowest BCUT2D eigenvalue weighted by molar-refractivity contribution is 0.739. The molecule has 0 spiro atoms. The summed E-state index contributed by atoms with van der Waals surface area (Å²) in [6, 6.07) is 15.6. The van der Waals surface area contributed by atoms with Crippen LogP contribution in [0, 0.1) is 11.3 Å². The normalized spacial score (nSPS) is 18.2. The molecule has 3 heterocycles. The van der Waals surface area contributed by atoms with Gasteiger partial charge in [-0.15, -0.1) is 0 Å². The molecule has 1 aromatic carbocycles. The van der Waals surface area contributed by atoms with E-state index in [0.29, 0.717) is 5.56 Å². The topological polar surface area (TPSA) is 73.4 Å². The third-order valence-electron chi connectivity index (χ3n) is 4.80. The average molecular weight is 379 g/mol. The summed E-state index contributed by atoms with van der Waals surface area (Å²) in [5.41, 5.74) is 6.01. The van der Waals surface area contributed by atoms with E-state index in [9.17, 15) is 0 Å². The second-order valence-electron chi connectivity index (χ2n) is 7.10. The lowest BCUT2D eigenvalue weighted by Gasteiger charge is -2.18. The first-order valence-corrected chi connectivity index (χ1v) is 9.56. The van der Waals surface area contributed by atoms with Crippen molar-refractivity contribution in [2.45, 2.75) is 25.9 Å². The Kier molecular flexibility index (Phi) is 5.44. The number of aromatic nitrogens is 1. The molecule has 1 aromatic heterocycles. The molecule has 2 aliphatic rings. The first kappa shape index (κ1) is 18.6. The van der Waals surface area contributed by atoms with Crippen molar-refractivity contribution in [1.29, 1.82) is 5.26 Å². The Hall–Kier alpha value is -3.78. The first-order valence-electron chi connectivity index (χ1n) is 9.56. The summed E-state index contributed by atoms with van der Waals surface area (Å²) >= 11 is 0. The van der Waals surface area contributed by atoms with Gasteiger partial charge < -0.3 is 5.32 Å². The van der Waals surface area contributed by atoms with Crippen molar-refractivity contribution in [2.75, 3.05) is 5.32 Å². The number of benzene rings is 1.